The van der Waals surface area contributed by atoms with Gasteiger partial charge < -0.3 is 14.4 Å². The maximum Gasteiger partial charge on any atom is 0.313 e. The Bertz CT molecular complexity index is 1050. The maximum absolute atomic E-state index is 12.8. The molecule has 0 aliphatic carbocycles. The molecule has 172 valence electrons. The Morgan fingerprint density at radius 2 is 2.09 bits per heavy atom. The molecule has 1 atom stereocenters. The minimum Gasteiger partial charge on any atom is -0.480 e. The molecule has 0 spiro atoms. The topological polar surface area (TPSA) is 89.8 Å². The highest BCUT2D eigenvalue weighted by molar-refractivity contribution is 5.97. The summed E-state index contributed by atoms with van der Waals surface area (Å²) in [5.74, 6) is 1.49. The van der Waals surface area contributed by atoms with E-state index >= 15 is 0 Å². The SMILES string of the molecule is CCOC(=O)[C@@]1(C)CCCN(c2ccc3c(n2)N(Cc2c(C)nn(C)c2C)C(=O)CO3)C1. The molecule has 0 aromatic carbocycles. The standard InChI is InChI=1S/C23H31N5O4/c1-6-31-22(30)23(4)10-7-11-27(14-23)19-9-8-18-21(24-19)28(20(29)13-32-18)12-17-15(2)25-26(5)16(17)3/h8-9H,6-7,10-14H2,1-5H3/t23-/m0/s1. The monoisotopic (exact) mass is 441 g/mol. The number of hydrogen-bond acceptors (Lipinski definition) is 7. The fourth-order valence-electron chi connectivity index (χ4n) is 4.52. The summed E-state index contributed by atoms with van der Waals surface area (Å²) >= 11 is 0. The number of nitrogens with zero attached hydrogens (tertiary/aromatic N) is 5. The molecule has 0 saturated carbocycles. The summed E-state index contributed by atoms with van der Waals surface area (Å²) in [5.41, 5.74) is 2.33. The number of hydrogen-bond donors (Lipinski definition) is 0. The average Bonchev–Trinajstić information content (AvgIpc) is 3.01. The van der Waals surface area contributed by atoms with Crippen molar-refractivity contribution in [3.63, 3.8) is 0 Å². The van der Waals surface area contributed by atoms with E-state index in [4.69, 9.17) is 14.5 Å². The van der Waals surface area contributed by atoms with Crippen LogP contribution >= 0.6 is 0 Å². The van der Waals surface area contributed by atoms with E-state index in [1.807, 2.05) is 51.6 Å². The Morgan fingerprint density at radius 3 is 2.78 bits per heavy atom. The third-order valence-electron chi connectivity index (χ3n) is 6.50. The minimum absolute atomic E-state index is 0.0168. The van der Waals surface area contributed by atoms with Crippen molar-refractivity contribution in [1.29, 1.82) is 0 Å². The number of rotatable bonds is 5. The van der Waals surface area contributed by atoms with Gasteiger partial charge >= 0.3 is 5.97 Å². The molecule has 2 aliphatic heterocycles. The van der Waals surface area contributed by atoms with E-state index in [1.165, 1.54) is 0 Å². The Kier molecular flexibility index (Phi) is 5.83. The van der Waals surface area contributed by atoms with Gasteiger partial charge in [0.15, 0.2) is 18.2 Å². The highest BCUT2D eigenvalue weighted by Crippen LogP contribution is 2.37. The first kappa shape index (κ1) is 22.1. The Balaban J connectivity index is 1.64. The minimum atomic E-state index is -0.582. The number of amides is 1. The number of aromatic nitrogens is 3. The Labute approximate surface area is 188 Å². The van der Waals surface area contributed by atoms with Crippen molar-refractivity contribution >= 4 is 23.5 Å². The number of aryl methyl sites for hydroxylation is 2. The van der Waals surface area contributed by atoms with Gasteiger partial charge in [-0.15, -0.1) is 0 Å². The van der Waals surface area contributed by atoms with Gasteiger partial charge in [0.1, 0.15) is 5.82 Å². The second kappa shape index (κ2) is 8.44. The van der Waals surface area contributed by atoms with Crippen LogP contribution in [0.2, 0.25) is 0 Å². The van der Waals surface area contributed by atoms with Crippen LogP contribution in [0.1, 0.15) is 43.6 Å². The van der Waals surface area contributed by atoms with E-state index < -0.39 is 5.41 Å². The van der Waals surface area contributed by atoms with Crippen LogP contribution in [0, 0.1) is 19.3 Å². The van der Waals surface area contributed by atoms with Crippen LogP contribution in [0.25, 0.3) is 0 Å². The lowest BCUT2D eigenvalue weighted by Gasteiger charge is -2.39. The molecule has 0 bridgehead atoms. The molecule has 0 unspecified atom stereocenters. The van der Waals surface area contributed by atoms with Crippen molar-refractivity contribution in [2.75, 3.05) is 36.1 Å². The van der Waals surface area contributed by atoms with Crippen LogP contribution in [0.3, 0.4) is 0 Å². The zero-order valence-electron chi connectivity index (χ0n) is 19.5. The highest BCUT2D eigenvalue weighted by Gasteiger charge is 2.40. The summed E-state index contributed by atoms with van der Waals surface area (Å²) in [6.07, 6.45) is 1.64. The van der Waals surface area contributed by atoms with Crippen LogP contribution < -0.4 is 14.5 Å². The van der Waals surface area contributed by atoms with Gasteiger partial charge in [0.05, 0.1) is 24.3 Å². The number of ether oxygens (including phenoxy) is 2. The molecule has 4 rings (SSSR count). The molecule has 2 aromatic rings. The Hall–Kier alpha value is -3.10. The molecule has 9 nitrogen and oxygen atoms in total. The number of fused-ring (bicyclic) bond motifs is 1. The van der Waals surface area contributed by atoms with E-state index in [1.54, 1.807) is 4.90 Å². The third-order valence-corrected chi connectivity index (χ3v) is 6.50. The molecule has 9 heteroatoms. The third kappa shape index (κ3) is 3.91. The summed E-state index contributed by atoms with van der Waals surface area (Å²) in [5, 5.41) is 4.47. The lowest BCUT2D eigenvalue weighted by Crippen LogP contribution is -2.47. The molecule has 32 heavy (non-hydrogen) atoms. The maximum atomic E-state index is 12.8. The molecule has 1 fully saturated rings. The normalized spacial score (nSPS) is 20.7. The van der Waals surface area contributed by atoms with E-state index in [0.717, 1.165) is 42.2 Å². The largest absolute Gasteiger partial charge is 0.480 e. The molecule has 0 radical (unpaired) electrons. The van der Waals surface area contributed by atoms with E-state index in [2.05, 4.69) is 10.00 Å². The summed E-state index contributed by atoms with van der Waals surface area (Å²) in [6, 6.07) is 3.75. The molecule has 2 aliphatic rings. The van der Waals surface area contributed by atoms with Gasteiger partial charge in [0, 0.05) is 31.4 Å². The van der Waals surface area contributed by atoms with Crippen molar-refractivity contribution in [3.05, 3.63) is 29.1 Å². The molecule has 2 aromatic heterocycles. The van der Waals surface area contributed by atoms with Crippen molar-refractivity contribution in [1.82, 2.24) is 14.8 Å². The van der Waals surface area contributed by atoms with Crippen molar-refractivity contribution in [2.24, 2.45) is 12.5 Å². The van der Waals surface area contributed by atoms with Gasteiger partial charge in [0.2, 0.25) is 0 Å². The van der Waals surface area contributed by atoms with Gasteiger partial charge in [-0.2, -0.15) is 5.10 Å². The summed E-state index contributed by atoms with van der Waals surface area (Å²) in [7, 11) is 1.90. The average molecular weight is 442 g/mol. The first-order chi connectivity index (χ1) is 15.2. The van der Waals surface area contributed by atoms with Crippen LogP contribution in [0.15, 0.2) is 12.1 Å². The van der Waals surface area contributed by atoms with E-state index in [0.29, 0.717) is 31.3 Å². The Morgan fingerprint density at radius 1 is 1.31 bits per heavy atom. The van der Waals surface area contributed by atoms with Gasteiger partial charge in [-0.25, -0.2) is 4.98 Å². The van der Waals surface area contributed by atoms with Crippen molar-refractivity contribution in [2.45, 2.75) is 47.1 Å². The number of anilines is 2. The number of esters is 1. The van der Waals surface area contributed by atoms with Crippen LogP contribution in [0.5, 0.6) is 5.75 Å². The lowest BCUT2D eigenvalue weighted by molar-refractivity contribution is -0.154. The first-order valence-corrected chi connectivity index (χ1v) is 11.1. The van der Waals surface area contributed by atoms with Crippen LogP contribution in [0.4, 0.5) is 11.6 Å². The molecular formula is C23H31N5O4. The smallest absolute Gasteiger partial charge is 0.313 e. The summed E-state index contributed by atoms with van der Waals surface area (Å²) in [6.45, 7) is 9.76. The van der Waals surface area contributed by atoms with Crippen molar-refractivity contribution < 1.29 is 19.1 Å². The van der Waals surface area contributed by atoms with E-state index in [9.17, 15) is 9.59 Å². The second-order valence-electron chi connectivity index (χ2n) is 8.84. The van der Waals surface area contributed by atoms with Gasteiger partial charge in [-0.3, -0.25) is 19.2 Å². The second-order valence-corrected chi connectivity index (χ2v) is 8.84. The highest BCUT2D eigenvalue weighted by atomic mass is 16.5. The summed E-state index contributed by atoms with van der Waals surface area (Å²) in [4.78, 5) is 33.9. The zero-order chi connectivity index (χ0) is 23.0. The lowest BCUT2D eigenvalue weighted by atomic mass is 9.82. The fourth-order valence-corrected chi connectivity index (χ4v) is 4.52. The van der Waals surface area contributed by atoms with Gasteiger partial charge in [-0.1, -0.05) is 0 Å². The van der Waals surface area contributed by atoms with Gasteiger partial charge in [-0.05, 0) is 52.7 Å². The van der Waals surface area contributed by atoms with Crippen LogP contribution in [-0.4, -0.2) is 52.9 Å². The first-order valence-electron chi connectivity index (χ1n) is 11.1. The quantitative estimate of drug-likeness (QED) is 0.659. The molecule has 1 saturated heterocycles. The molecule has 1 amide bonds. The summed E-state index contributed by atoms with van der Waals surface area (Å²) < 4.78 is 12.8. The number of piperidine rings is 1. The zero-order valence-corrected chi connectivity index (χ0v) is 19.5. The van der Waals surface area contributed by atoms with Crippen LogP contribution in [-0.2, 0) is 27.9 Å². The number of carbonyl (C=O) groups excluding carboxylic acids is 2. The van der Waals surface area contributed by atoms with Crippen molar-refractivity contribution in [3.8, 4) is 5.75 Å². The number of carbonyl (C=O) groups is 2. The molecular weight excluding hydrogens is 410 g/mol. The fraction of sp³-hybridized carbons (Fsp3) is 0.565. The van der Waals surface area contributed by atoms with Gasteiger partial charge in [0.25, 0.3) is 5.91 Å². The number of pyridine rings is 1. The molecule has 0 N–H and O–H groups in total. The molecule has 4 heterocycles. The predicted octanol–water partition coefficient (Wildman–Crippen LogP) is 2.53. The predicted molar refractivity (Wildman–Crippen MR) is 120 cm³/mol. The van der Waals surface area contributed by atoms with E-state index in [-0.39, 0.29) is 18.5 Å².